The fourth-order valence-electron chi connectivity index (χ4n) is 2.44. The van der Waals surface area contributed by atoms with Gasteiger partial charge < -0.3 is 19.5 Å². The van der Waals surface area contributed by atoms with Crippen LogP contribution in [0.15, 0.2) is 18.2 Å². The van der Waals surface area contributed by atoms with E-state index in [-0.39, 0.29) is 6.10 Å². The summed E-state index contributed by atoms with van der Waals surface area (Å²) in [5.41, 5.74) is 1.06. The van der Waals surface area contributed by atoms with Gasteiger partial charge in [-0.25, -0.2) is 0 Å². The van der Waals surface area contributed by atoms with Crippen molar-refractivity contribution in [1.29, 1.82) is 0 Å². The lowest BCUT2D eigenvalue weighted by Crippen LogP contribution is -2.21. The van der Waals surface area contributed by atoms with Crippen LogP contribution in [0.5, 0.6) is 5.75 Å². The topological polar surface area (TPSA) is 39.7 Å². The van der Waals surface area contributed by atoms with Crippen molar-refractivity contribution in [3.63, 3.8) is 0 Å². The van der Waals surface area contributed by atoms with E-state index >= 15 is 0 Å². The molecule has 1 aromatic rings. The molecule has 0 saturated carbocycles. The molecule has 0 amide bonds. The predicted molar refractivity (Wildman–Crippen MR) is 84.1 cm³/mol. The Kier molecular flexibility index (Phi) is 6.77. The van der Waals surface area contributed by atoms with Crippen molar-refractivity contribution in [2.45, 2.75) is 38.5 Å². The lowest BCUT2D eigenvalue weighted by molar-refractivity contribution is 0.0262. The summed E-state index contributed by atoms with van der Waals surface area (Å²) in [7, 11) is 1.69. The fraction of sp³-hybridized carbons (Fsp3) is 0.625. The second-order valence-corrected chi connectivity index (χ2v) is 5.76. The van der Waals surface area contributed by atoms with E-state index in [1.54, 1.807) is 7.11 Å². The van der Waals surface area contributed by atoms with Crippen LogP contribution in [-0.4, -0.2) is 39.1 Å². The molecule has 1 aliphatic rings. The molecule has 2 rings (SSSR count). The van der Waals surface area contributed by atoms with Gasteiger partial charge in [0.25, 0.3) is 0 Å². The number of ether oxygens (including phenoxy) is 3. The van der Waals surface area contributed by atoms with E-state index in [1.807, 2.05) is 18.2 Å². The first-order valence-electron chi connectivity index (χ1n) is 7.46. The summed E-state index contributed by atoms with van der Waals surface area (Å²) in [5, 5.41) is 3.96. The number of halogens is 1. The Balaban J connectivity index is 1.90. The first kappa shape index (κ1) is 16.6. The van der Waals surface area contributed by atoms with E-state index in [9.17, 15) is 0 Å². The third-order valence-electron chi connectivity index (χ3n) is 3.58. The minimum absolute atomic E-state index is 0.172. The Morgan fingerprint density at radius 2 is 2.24 bits per heavy atom. The molecular formula is C16H24ClNO3. The molecular weight excluding hydrogens is 290 g/mol. The zero-order chi connectivity index (χ0) is 15.1. The Morgan fingerprint density at radius 1 is 1.38 bits per heavy atom. The van der Waals surface area contributed by atoms with Crippen LogP contribution in [0.4, 0.5) is 0 Å². The molecule has 2 atom stereocenters. The van der Waals surface area contributed by atoms with Crippen molar-refractivity contribution < 1.29 is 14.2 Å². The van der Waals surface area contributed by atoms with Crippen LogP contribution in [0.3, 0.4) is 0 Å². The minimum Gasteiger partial charge on any atom is -0.489 e. The quantitative estimate of drug-likeness (QED) is 0.749. The molecule has 4 nitrogen and oxygen atoms in total. The highest BCUT2D eigenvalue weighted by Crippen LogP contribution is 2.30. The van der Waals surface area contributed by atoms with Crippen LogP contribution in [0.25, 0.3) is 0 Å². The van der Waals surface area contributed by atoms with Crippen molar-refractivity contribution in [3.05, 3.63) is 28.8 Å². The Bertz CT molecular complexity index is 442. The lowest BCUT2D eigenvalue weighted by atomic mass is 10.2. The van der Waals surface area contributed by atoms with Crippen LogP contribution in [0.1, 0.15) is 25.3 Å². The standard InChI is InChI=1S/C16H24ClNO3/c1-12-6-7-14(21-12)11-20-16-13(4-3-5-15(16)17)10-18-8-9-19-2/h3-5,12,14,18H,6-11H2,1-2H3. The van der Waals surface area contributed by atoms with Crippen LogP contribution in [-0.2, 0) is 16.0 Å². The summed E-state index contributed by atoms with van der Waals surface area (Å²) >= 11 is 6.27. The van der Waals surface area contributed by atoms with E-state index in [0.717, 1.165) is 30.7 Å². The van der Waals surface area contributed by atoms with Crippen LogP contribution in [0, 0.1) is 0 Å². The molecule has 21 heavy (non-hydrogen) atoms. The molecule has 1 saturated heterocycles. The molecule has 2 unspecified atom stereocenters. The van der Waals surface area contributed by atoms with Crippen molar-refractivity contribution >= 4 is 11.6 Å². The van der Waals surface area contributed by atoms with Gasteiger partial charge in [0, 0.05) is 25.8 Å². The van der Waals surface area contributed by atoms with Crippen molar-refractivity contribution in [2.24, 2.45) is 0 Å². The maximum absolute atomic E-state index is 6.27. The van der Waals surface area contributed by atoms with Gasteiger partial charge >= 0.3 is 0 Å². The van der Waals surface area contributed by atoms with Gasteiger partial charge in [-0.2, -0.15) is 0 Å². The van der Waals surface area contributed by atoms with Crippen LogP contribution < -0.4 is 10.1 Å². The van der Waals surface area contributed by atoms with E-state index in [1.165, 1.54) is 0 Å². The van der Waals surface area contributed by atoms with Gasteiger partial charge in [-0.1, -0.05) is 23.7 Å². The first-order valence-corrected chi connectivity index (χ1v) is 7.83. The molecule has 0 spiro atoms. The third kappa shape index (κ3) is 5.15. The summed E-state index contributed by atoms with van der Waals surface area (Å²) in [6.45, 7) is 4.84. The number of benzene rings is 1. The smallest absolute Gasteiger partial charge is 0.142 e. The van der Waals surface area contributed by atoms with Crippen molar-refractivity contribution in [3.8, 4) is 5.75 Å². The Morgan fingerprint density at radius 3 is 2.95 bits per heavy atom. The van der Waals surface area contributed by atoms with Crippen LogP contribution >= 0.6 is 11.6 Å². The number of rotatable bonds is 8. The molecule has 0 radical (unpaired) electrons. The monoisotopic (exact) mass is 313 g/mol. The van der Waals surface area contributed by atoms with E-state index in [2.05, 4.69) is 12.2 Å². The van der Waals surface area contributed by atoms with Gasteiger partial charge in [0.2, 0.25) is 0 Å². The summed E-state index contributed by atoms with van der Waals surface area (Å²) in [6, 6.07) is 5.82. The lowest BCUT2D eigenvalue weighted by Gasteiger charge is -2.17. The zero-order valence-corrected chi connectivity index (χ0v) is 13.5. The molecule has 0 aliphatic carbocycles. The highest BCUT2D eigenvalue weighted by atomic mass is 35.5. The maximum Gasteiger partial charge on any atom is 0.142 e. The van der Waals surface area contributed by atoms with E-state index in [4.69, 9.17) is 25.8 Å². The number of hydrogen-bond donors (Lipinski definition) is 1. The fourth-order valence-corrected chi connectivity index (χ4v) is 2.68. The summed E-state index contributed by atoms with van der Waals surface area (Å²) in [5.74, 6) is 0.757. The highest BCUT2D eigenvalue weighted by Gasteiger charge is 2.23. The van der Waals surface area contributed by atoms with Gasteiger partial charge in [0.15, 0.2) is 0 Å². The zero-order valence-electron chi connectivity index (χ0n) is 12.7. The Hall–Kier alpha value is -0.810. The van der Waals surface area contributed by atoms with Gasteiger partial charge in [0.05, 0.1) is 23.8 Å². The summed E-state index contributed by atoms with van der Waals surface area (Å²) in [6.07, 6.45) is 2.65. The largest absolute Gasteiger partial charge is 0.489 e. The normalized spacial score (nSPS) is 21.7. The molecule has 1 aliphatic heterocycles. The van der Waals surface area contributed by atoms with Gasteiger partial charge in [0.1, 0.15) is 12.4 Å². The number of nitrogens with one attached hydrogen (secondary N) is 1. The molecule has 1 aromatic carbocycles. The first-order chi connectivity index (χ1) is 10.2. The maximum atomic E-state index is 6.27. The Labute approximate surface area is 131 Å². The summed E-state index contributed by atoms with van der Waals surface area (Å²) in [4.78, 5) is 0. The molecule has 0 aromatic heterocycles. The second kappa shape index (κ2) is 8.59. The van der Waals surface area contributed by atoms with E-state index in [0.29, 0.717) is 30.9 Å². The second-order valence-electron chi connectivity index (χ2n) is 5.35. The molecule has 1 fully saturated rings. The molecule has 118 valence electrons. The van der Waals surface area contributed by atoms with Gasteiger partial charge in [-0.3, -0.25) is 0 Å². The van der Waals surface area contributed by atoms with Crippen LogP contribution in [0.2, 0.25) is 5.02 Å². The average molecular weight is 314 g/mol. The van der Waals surface area contributed by atoms with Gasteiger partial charge in [-0.15, -0.1) is 0 Å². The number of para-hydroxylation sites is 1. The molecule has 5 heteroatoms. The molecule has 1 heterocycles. The van der Waals surface area contributed by atoms with Crippen molar-refractivity contribution in [2.75, 3.05) is 26.9 Å². The average Bonchev–Trinajstić information content (AvgIpc) is 2.88. The third-order valence-corrected chi connectivity index (χ3v) is 3.88. The van der Waals surface area contributed by atoms with E-state index < -0.39 is 0 Å². The summed E-state index contributed by atoms with van der Waals surface area (Å²) < 4.78 is 16.7. The van der Waals surface area contributed by atoms with Gasteiger partial charge in [-0.05, 0) is 25.8 Å². The molecule has 1 N–H and O–H groups in total. The SMILES string of the molecule is COCCNCc1cccc(Cl)c1OCC1CCC(C)O1. The molecule has 0 bridgehead atoms. The van der Waals surface area contributed by atoms with Crippen molar-refractivity contribution in [1.82, 2.24) is 5.32 Å². The highest BCUT2D eigenvalue weighted by molar-refractivity contribution is 6.32. The minimum atomic E-state index is 0.172. The predicted octanol–water partition coefficient (Wildman–Crippen LogP) is 3.02. The number of methoxy groups -OCH3 is 1. The number of hydrogen-bond acceptors (Lipinski definition) is 4.